The van der Waals surface area contributed by atoms with E-state index < -0.39 is 6.10 Å². The monoisotopic (exact) mass is 440 g/mol. The Morgan fingerprint density at radius 3 is 2.75 bits per heavy atom. The summed E-state index contributed by atoms with van der Waals surface area (Å²) in [6, 6.07) is 16.1. The van der Waals surface area contributed by atoms with Gasteiger partial charge in [0.05, 0.1) is 26.1 Å². The van der Waals surface area contributed by atoms with Gasteiger partial charge in [0.15, 0.2) is 0 Å². The van der Waals surface area contributed by atoms with E-state index in [1.54, 1.807) is 13.4 Å². The van der Waals surface area contributed by atoms with Crippen molar-refractivity contribution in [1.82, 2.24) is 9.47 Å². The number of hydrogen-bond acceptors (Lipinski definition) is 5. The van der Waals surface area contributed by atoms with Crippen LogP contribution in [-0.4, -0.2) is 47.5 Å². The third-order valence-corrected chi connectivity index (χ3v) is 5.42. The van der Waals surface area contributed by atoms with Crippen molar-refractivity contribution < 1.29 is 19.0 Å². The fraction of sp³-hybridized carbons (Fsp3) is 0.462. The highest BCUT2D eigenvalue weighted by Crippen LogP contribution is 2.16. The molecule has 1 aromatic carbocycles. The number of benzene rings is 1. The van der Waals surface area contributed by atoms with Gasteiger partial charge in [-0.15, -0.1) is 0 Å². The molecule has 0 saturated carbocycles. The Bertz CT molecular complexity index is 904. The molecule has 6 heteroatoms. The highest BCUT2D eigenvalue weighted by atomic mass is 16.5. The van der Waals surface area contributed by atoms with E-state index in [0.29, 0.717) is 19.1 Å². The molecule has 0 fully saturated rings. The maximum Gasteiger partial charge on any atom is 0.129 e. The quantitative estimate of drug-likeness (QED) is 0.398. The first kappa shape index (κ1) is 24.1. The number of methoxy groups -OCH3 is 1. The maximum atomic E-state index is 10.6. The third kappa shape index (κ3) is 7.86. The van der Waals surface area contributed by atoms with Gasteiger partial charge in [-0.3, -0.25) is 4.90 Å². The van der Waals surface area contributed by atoms with E-state index in [-0.39, 0.29) is 6.61 Å². The van der Waals surface area contributed by atoms with E-state index in [4.69, 9.17) is 13.9 Å². The fourth-order valence-corrected chi connectivity index (χ4v) is 3.66. The molecular weight excluding hydrogens is 404 g/mol. The van der Waals surface area contributed by atoms with Gasteiger partial charge in [0.1, 0.15) is 18.1 Å². The second-order valence-corrected chi connectivity index (χ2v) is 8.64. The van der Waals surface area contributed by atoms with Crippen LogP contribution in [-0.2, 0) is 24.4 Å². The van der Waals surface area contributed by atoms with E-state index in [1.807, 2.05) is 24.3 Å². The number of aromatic nitrogens is 1. The molecule has 1 unspecified atom stereocenters. The van der Waals surface area contributed by atoms with Gasteiger partial charge < -0.3 is 23.6 Å². The molecule has 174 valence electrons. The summed E-state index contributed by atoms with van der Waals surface area (Å²) >= 11 is 0. The summed E-state index contributed by atoms with van der Waals surface area (Å²) in [6.45, 7) is 8.17. The number of rotatable bonds is 14. The zero-order valence-corrected chi connectivity index (χ0v) is 19.4. The molecule has 1 atom stereocenters. The second kappa shape index (κ2) is 12.5. The number of aliphatic hydroxyl groups excluding tert-OH is 1. The number of hydrogen-bond donors (Lipinski definition) is 1. The van der Waals surface area contributed by atoms with Crippen LogP contribution >= 0.6 is 0 Å². The van der Waals surface area contributed by atoms with E-state index in [0.717, 1.165) is 37.6 Å². The van der Waals surface area contributed by atoms with Crippen molar-refractivity contribution in [3.63, 3.8) is 0 Å². The molecule has 0 spiro atoms. The van der Waals surface area contributed by atoms with Crippen molar-refractivity contribution >= 4 is 0 Å². The predicted molar refractivity (Wildman–Crippen MR) is 126 cm³/mol. The minimum Gasteiger partial charge on any atom is -0.497 e. The molecule has 0 bridgehead atoms. The standard InChI is InChI=1S/C26H36N2O4/c1-21(2)11-13-27(18-24(29)19-31-20-26-10-6-14-32-26)17-23-8-5-12-28(23)16-22-7-4-9-25(15-22)30-3/h4-10,12,14-15,21,24,29H,11,13,16-20H2,1-3H3. The molecule has 3 rings (SSSR count). The summed E-state index contributed by atoms with van der Waals surface area (Å²) < 4.78 is 18.5. The van der Waals surface area contributed by atoms with Gasteiger partial charge in [-0.05, 0) is 60.8 Å². The Morgan fingerprint density at radius 1 is 1.12 bits per heavy atom. The summed E-state index contributed by atoms with van der Waals surface area (Å²) in [5.74, 6) is 2.24. The Hall–Kier alpha value is -2.54. The molecule has 32 heavy (non-hydrogen) atoms. The first-order chi connectivity index (χ1) is 15.5. The van der Waals surface area contributed by atoms with Crippen molar-refractivity contribution in [2.24, 2.45) is 5.92 Å². The predicted octanol–water partition coefficient (Wildman–Crippen LogP) is 4.56. The van der Waals surface area contributed by atoms with Crippen molar-refractivity contribution in [2.75, 3.05) is 26.8 Å². The van der Waals surface area contributed by atoms with Crippen LogP contribution in [0, 0.1) is 5.92 Å². The van der Waals surface area contributed by atoms with E-state index in [2.05, 4.69) is 53.8 Å². The average Bonchev–Trinajstić information content (AvgIpc) is 3.44. The van der Waals surface area contributed by atoms with Gasteiger partial charge in [-0.25, -0.2) is 0 Å². The first-order valence-electron chi connectivity index (χ1n) is 11.3. The second-order valence-electron chi connectivity index (χ2n) is 8.64. The van der Waals surface area contributed by atoms with Gasteiger partial charge in [-0.1, -0.05) is 26.0 Å². The zero-order valence-electron chi connectivity index (χ0n) is 19.4. The summed E-state index contributed by atoms with van der Waals surface area (Å²) in [5.41, 5.74) is 2.42. The molecule has 0 amide bonds. The lowest BCUT2D eigenvalue weighted by atomic mass is 10.1. The smallest absolute Gasteiger partial charge is 0.129 e. The maximum absolute atomic E-state index is 10.6. The van der Waals surface area contributed by atoms with Crippen LogP contribution in [0.1, 0.15) is 37.3 Å². The summed E-state index contributed by atoms with van der Waals surface area (Å²) in [5, 5.41) is 10.6. The van der Waals surface area contributed by atoms with Crippen molar-refractivity contribution in [3.8, 4) is 5.75 Å². The van der Waals surface area contributed by atoms with E-state index in [9.17, 15) is 5.11 Å². The molecular formula is C26H36N2O4. The van der Waals surface area contributed by atoms with Crippen molar-refractivity contribution in [1.29, 1.82) is 0 Å². The molecule has 6 nitrogen and oxygen atoms in total. The topological polar surface area (TPSA) is 60.0 Å². The van der Waals surface area contributed by atoms with Crippen LogP contribution in [0.5, 0.6) is 5.75 Å². The number of aliphatic hydroxyl groups is 1. The summed E-state index contributed by atoms with van der Waals surface area (Å²) in [7, 11) is 1.69. The van der Waals surface area contributed by atoms with Gasteiger partial charge in [0.25, 0.3) is 0 Å². The largest absolute Gasteiger partial charge is 0.497 e. The lowest BCUT2D eigenvalue weighted by Gasteiger charge is -2.26. The Kier molecular flexibility index (Phi) is 9.41. The normalized spacial score (nSPS) is 12.6. The van der Waals surface area contributed by atoms with Crippen molar-refractivity contribution in [2.45, 2.75) is 46.1 Å². The molecule has 3 aromatic rings. The van der Waals surface area contributed by atoms with Crippen LogP contribution in [0.2, 0.25) is 0 Å². The number of furan rings is 1. The summed E-state index contributed by atoms with van der Waals surface area (Å²) in [6.07, 6.45) is 4.26. The van der Waals surface area contributed by atoms with Gasteiger partial charge in [-0.2, -0.15) is 0 Å². The number of ether oxygens (including phenoxy) is 2. The molecule has 0 saturated heterocycles. The van der Waals surface area contributed by atoms with Gasteiger partial charge >= 0.3 is 0 Å². The molecule has 1 N–H and O–H groups in total. The molecule has 2 aromatic heterocycles. The van der Waals surface area contributed by atoms with Crippen molar-refractivity contribution in [3.05, 3.63) is 78.0 Å². The Labute approximate surface area is 191 Å². The Morgan fingerprint density at radius 2 is 2.00 bits per heavy atom. The van der Waals surface area contributed by atoms with Crippen LogP contribution in [0.15, 0.2) is 65.4 Å². The molecule has 0 aliphatic carbocycles. The van der Waals surface area contributed by atoms with Crippen LogP contribution in [0.3, 0.4) is 0 Å². The lowest BCUT2D eigenvalue weighted by molar-refractivity contribution is 0.00296. The Balaban J connectivity index is 1.58. The SMILES string of the molecule is COc1cccc(Cn2cccc2CN(CCC(C)C)CC(O)COCc2ccco2)c1. The minimum absolute atomic E-state index is 0.281. The van der Waals surface area contributed by atoms with E-state index >= 15 is 0 Å². The highest BCUT2D eigenvalue weighted by Gasteiger charge is 2.15. The molecule has 0 radical (unpaired) electrons. The summed E-state index contributed by atoms with van der Waals surface area (Å²) in [4.78, 5) is 2.32. The van der Waals surface area contributed by atoms with Gasteiger partial charge in [0, 0.05) is 31.5 Å². The molecule has 0 aliphatic rings. The molecule has 2 heterocycles. The first-order valence-corrected chi connectivity index (χ1v) is 11.3. The van der Waals surface area contributed by atoms with Gasteiger partial charge in [0.2, 0.25) is 0 Å². The van der Waals surface area contributed by atoms with Crippen LogP contribution < -0.4 is 4.74 Å². The highest BCUT2D eigenvalue weighted by molar-refractivity contribution is 5.29. The number of nitrogens with zero attached hydrogens (tertiary/aromatic N) is 2. The van der Waals surface area contributed by atoms with Crippen LogP contribution in [0.25, 0.3) is 0 Å². The van der Waals surface area contributed by atoms with E-state index in [1.165, 1.54) is 11.3 Å². The van der Waals surface area contributed by atoms with Crippen LogP contribution in [0.4, 0.5) is 0 Å². The zero-order chi connectivity index (χ0) is 22.8. The molecule has 0 aliphatic heterocycles. The minimum atomic E-state index is -0.557. The third-order valence-electron chi connectivity index (χ3n) is 5.42. The fourth-order valence-electron chi connectivity index (χ4n) is 3.66. The average molecular weight is 441 g/mol. The lowest BCUT2D eigenvalue weighted by Crippen LogP contribution is -2.36.